The van der Waals surface area contributed by atoms with Crippen molar-refractivity contribution in [1.29, 1.82) is 0 Å². The minimum absolute atomic E-state index is 0.101. The molecule has 0 aliphatic rings. The fourth-order valence-corrected chi connectivity index (χ4v) is 4.72. The van der Waals surface area contributed by atoms with E-state index in [9.17, 15) is 4.79 Å². The highest BCUT2D eigenvalue weighted by molar-refractivity contribution is 9.10. The zero-order valence-electron chi connectivity index (χ0n) is 17.9. The number of carbonyl (C=O) groups is 1. The summed E-state index contributed by atoms with van der Waals surface area (Å²) in [5, 5.41) is 12.3. The Balaban J connectivity index is 1.87. The third-order valence-corrected chi connectivity index (χ3v) is 6.34. The molecular weight excluding hydrogens is 456 g/mol. The van der Waals surface area contributed by atoms with E-state index in [1.807, 2.05) is 13.0 Å². The lowest BCUT2D eigenvalue weighted by molar-refractivity contribution is -0.137. The topological polar surface area (TPSA) is 59.7 Å². The average Bonchev–Trinajstić information content (AvgIpc) is 3.03. The Morgan fingerprint density at radius 1 is 1.16 bits per heavy atom. The number of hydrogen-bond donors (Lipinski definition) is 1. The number of ether oxygens (including phenoxy) is 1. The van der Waals surface area contributed by atoms with Gasteiger partial charge in [0.15, 0.2) is 0 Å². The van der Waals surface area contributed by atoms with Crippen molar-refractivity contribution in [3.8, 4) is 16.9 Å². The van der Waals surface area contributed by atoms with Crippen LogP contribution in [0.4, 0.5) is 0 Å². The van der Waals surface area contributed by atoms with E-state index in [0.29, 0.717) is 13.0 Å². The molecule has 1 aromatic heterocycles. The lowest BCUT2D eigenvalue weighted by atomic mass is 9.91. The standard InChI is InChI=1S/C26H25BrO4/c1-4-17-12-19(13-21(27)26(17)30-11-7-10-23(28)29)25-20-9-6-5-8-18(20)14-22-24(25)15(2)16(3)31-22/h5-6,8-9,12-14H,4,7,10-11H2,1-3H3,(H,28,29). The molecule has 0 amide bonds. The van der Waals surface area contributed by atoms with Crippen LogP contribution in [0.3, 0.4) is 0 Å². The van der Waals surface area contributed by atoms with Crippen molar-refractivity contribution in [2.45, 2.75) is 40.0 Å². The maximum Gasteiger partial charge on any atom is 0.303 e. The third kappa shape index (κ3) is 4.07. The lowest BCUT2D eigenvalue weighted by Crippen LogP contribution is -2.04. The largest absolute Gasteiger partial charge is 0.492 e. The number of furan rings is 1. The number of aliphatic carboxylic acids is 1. The second-order valence-electron chi connectivity index (χ2n) is 7.77. The van der Waals surface area contributed by atoms with Crippen LogP contribution in [0, 0.1) is 13.8 Å². The molecule has 0 fully saturated rings. The second kappa shape index (κ2) is 8.75. The van der Waals surface area contributed by atoms with Crippen molar-refractivity contribution in [1.82, 2.24) is 0 Å². The molecule has 0 radical (unpaired) electrons. The molecule has 4 nitrogen and oxygen atoms in total. The van der Waals surface area contributed by atoms with Gasteiger partial charge in [-0.05, 0) is 88.3 Å². The zero-order valence-corrected chi connectivity index (χ0v) is 19.5. The van der Waals surface area contributed by atoms with Crippen LogP contribution in [0.25, 0.3) is 32.9 Å². The van der Waals surface area contributed by atoms with Crippen molar-refractivity contribution in [2.75, 3.05) is 6.61 Å². The number of carboxylic acids is 1. The van der Waals surface area contributed by atoms with E-state index in [2.05, 4.69) is 66.2 Å². The molecule has 4 rings (SSSR count). The molecule has 1 N–H and O–H groups in total. The first-order chi connectivity index (χ1) is 14.9. The van der Waals surface area contributed by atoms with Crippen molar-refractivity contribution in [3.63, 3.8) is 0 Å². The van der Waals surface area contributed by atoms with Gasteiger partial charge in [-0.2, -0.15) is 0 Å². The van der Waals surface area contributed by atoms with E-state index in [1.54, 1.807) is 0 Å². The van der Waals surface area contributed by atoms with Gasteiger partial charge in [0.2, 0.25) is 0 Å². The molecule has 0 bridgehead atoms. The number of fused-ring (bicyclic) bond motifs is 2. The molecule has 5 heteroatoms. The molecule has 3 aromatic carbocycles. The molecule has 31 heavy (non-hydrogen) atoms. The normalized spacial score (nSPS) is 11.4. The minimum Gasteiger partial charge on any atom is -0.492 e. The summed E-state index contributed by atoms with van der Waals surface area (Å²) in [4.78, 5) is 10.8. The van der Waals surface area contributed by atoms with Crippen molar-refractivity contribution >= 4 is 43.6 Å². The van der Waals surface area contributed by atoms with Crippen LogP contribution in [-0.4, -0.2) is 17.7 Å². The first-order valence-corrected chi connectivity index (χ1v) is 11.3. The van der Waals surface area contributed by atoms with E-state index in [4.69, 9.17) is 14.3 Å². The Morgan fingerprint density at radius 2 is 1.94 bits per heavy atom. The third-order valence-electron chi connectivity index (χ3n) is 5.75. The van der Waals surface area contributed by atoms with Crippen LogP contribution in [0.2, 0.25) is 0 Å². The van der Waals surface area contributed by atoms with E-state index < -0.39 is 5.97 Å². The predicted octanol–water partition coefficient (Wildman–Crippen LogP) is 7.44. The van der Waals surface area contributed by atoms with Crippen molar-refractivity contribution < 1.29 is 19.1 Å². The molecule has 0 saturated heterocycles. The summed E-state index contributed by atoms with van der Waals surface area (Å²) in [7, 11) is 0. The van der Waals surface area contributed by atoms with Gasteiger partial charge in [-0.25, -0.2) is 0 Å². The molecule has 0 unspecified atom stereocenters. The fourth-order valence-electron chi connectivity index (χ4n) is 4.11. The number of rotatable bonds is 7. The number of hydrogen-bond acceptors (Lipinski definition) is 3. The molecule has 160 valence electrons. The first-order valence-electron chi connectivity index (χ1n) is 10.5. The van der Waals surface area contributed by atoms with Gasteiger partial charge >= 0.3 is 5.97 Å². The SMILES string of the molecule is CCc1cc(-c2c3ccccc3cc3oc(C)c(C)c23)cc(Br)c1OCCCC(=O)O. The van der Waals surface area contributed by atoms with Gasteiger partial charge in [-0.15, -0.1) is 0 Å². The number of halogens is 1. The van der Waals surface area contributed by atoms with Crippen LogP contribution in [-0.2, 0) is 11.2 Å². The summed E-state index contributed by atoms with van der Waals surface area (Å²) in [5.74, 6) is 0.910. The Bertz CT molecular complexity index is 1290. The highest BCUT2D eigenvalue weighted by Gasteiger charge is 2.19. The molecule has 0 saturated carbocycles. The van der Waals surface area contributed by atoms with Gasteiger partial charge in [-0.3, -0.25) is 4.79 Å². The van der Waals surface area contributed by atoms with E-state index in [0.717, 1.165) is 61.0 Å². The predicted molar refractivity (Wildman–Crippen MR) is 128 cm³/mol. The lowest BCUT2D eigenvalue weighted by Gasteiger charge is -2.16. The average molecular weight is 481 g/mol. The van der Waals surface area contributed by atoms with Crippen LogP contribution < -0.4 is 4.74 Å². The quantitative estimate of drug-likeness (QED) is 0.279. The summed E-state index contributed by atoms with van der Waals surface area (Å²) in [5.41, 5.74) is 5.40. The molecular formula is C26H25BrO4. The Labute approximate surface area is 190 Å². The summed E-state index contributed by atoms with van der Waals surface area (Å²) in [6.07, 6.45) is 1.38. The molecule has 0 spiro atoms. The highest BCUT2D eigenvalue weighted by atomic mass is 79.9. The van der Waals surface area contributed by atoms with E-state index in [-0.39, 0.29) is 6.42 Å². The molecule has 0 aliphatic heterocycles. The smallest absolute Gasteiger partial charge is 0.303 e. The van der Waals surface area contributed by atoms with Gasteiger partial charge in [0.1, 0.15) is 17.1 Å². The number of benzene rings is 3. The van der Waals surface area contributed by atoms with Crippen LogP contribution in [0.5, 0.6) is 5.75 Å². The summed E-state index contributed by atoms with van der Waals surface area (Å²) >= 11 is 3.70. The van der Waals surface area contributed by atoms with Gasteiger partial charge in [-0.1, -0.05) is 31.2 Å². The van der Waals surface area contributed by atoms with Gasteiger partial charge < -0.3 is 14.3 Å². The van der Waals surface area contributed by atoms with Gasteiger partial charge in [0.05, 0.1) is 11.1 Å². The summed E-state index contributed by atoms with van der Waals surface area (Å²) in [6.45, 7) is 6.58. The molecule has 4 aromatic rings. The van der Waals surface area contributed by atoms with E-state index >= 15 is 0 Å². The zero-order chi connectivity index (χ0) is 22.1. The summed E-state index contributed by atoms with van der Waals surface area (Å²) in [6, 6.07) is 14.8. The van der Waals surface area contributed by atoms with E-state index in [1.165, 1.54) is 5.39 Å². The molecule has 1 heterocycles. The maximum atomic E-state index is 10.8. The second-order valence-corrected chi connectivity index (χ2v) is 8.63. The highest BCUT2D eigenvalue weighted by Crippen LogP contribution is 2.43. The Kier molecular flexibility index (Phi) is 6.05. The fraction of sp³-hybridized carbons (Fsp3) is 0.269. The van der Waals surface area contributed by atoms with Crippen molar-refractivity contribution in [2.24, 2.45) is 0 Å². The monoisotopic (exact) mass is 480 g/mol. The van der Waals surface area contributed by atoms with Gasteiger partial charge in [0, 0.05) is 17.4 Å². The van der Waals surface area contributed by atoms with Crippen LogP contribution >= 0.6 is 15.9 Å². The summed E-state index contributed by atoms with van der Waals surface area (Å²) < 4.78 is 12.9. The molecule has 0 atom stereocenters. The van der Waals surface area contributed by atoms with Gasteiger partial charge in [0.25, 0.3) is 0 Å². The van der Waals surface area contributed by atoms with Crippen LogP contribution in [0.15, 0.2) is 51.4 Å². The first kappa shape index (κ1) is 21.4. The maximum absolute atomic E-state index is 10.8. The van der Waals surface area contributed by atoms with Crippen molar-refractivity contribution in [3.05, 3.63) is 63.8 Å². The minimum atomic E-state index is -0.806. The number of aryl methyl sites for hydroxylation is 3. The Hall–Kier alpha value is -2.79. The Morgan fingerprint density at radius 3 is 2.68 bits per heavy atom. The number of carboxylic acid groups (broad SMARTS) is 1. The van der Waals surface area contributed by atoms with Crippen LogP contribution in [0.1, 0.15) is 36.7 Å². The molecule has 0 aliphatic carbocycles.